The number of ether oxygens (including phenoxy) is 1. The molecule has 0 aliphatic heterocycles. The third-order valence-corrected chi connectivity index (χ3v) is 5.16. The van der Waals surface area contributed by atoms with Crippen molar-refractivity contribution in [2.24, 2.45) is 17.6 Å². The molecule has 106 valence electrons. The Hall–Kier alpha value is -0.540. The van der Waals surface area contributed by atoms with Crippen LogP contribution in [0, 0.1) is 11.8 Å². The van der Waals surface area contributed by atoms with E-state index in [1.165, 1.54) is 37.7 Å². The highest BCUT2D eigenvalue weighted by molar-refractivity contribution is 9.10. The van der Waals surface area contributed by atoms with Crippen LogP contribution in [0.2, 0.25) is 0 Å². The van der Waals surface area contributed by atoms with E-state index in [0.717, 1.165) is 16.1 Å². The third kappa shape index (κ3) is 3.51. The van der Waals surface area contributed by atoms with Gasteiger partial charge in [0.25, 0.3) is 0 Å². The zero-order chi connectivity index (χ0) is 13.8. The standard InChI is InChI=1S/C16H24BrNO/c1-3-11-4-6-12(7-5-11)16(18)13-8-9-15(19-2)14(17)10-13/h8-12,16H,3-7,18H2,1-2H3. The first kappa shape index (κ1) is 14.9. The third-order valence-electron chi connectivity index (χ3n) is 4.54. The Morgan fingerprint density at radius 3 is 2.53 bits per heavy atom. The number of hydrogen-bond acceptors (Lipinski definition) is 2. The molecule has 0 bridgehead atoms. The van der Waals surface area contributed by atoms with Crippen LogP contribution in [0.1, 0.15) is 50.6 Å². The lowest BCUT2D eigenvalue weighted by molar-refractivity contribution is 0.240. The highest BCUT2D eigenvalue weighted by Crippen LogP contribution is 2.38. The minimum atomic E-state index is 0.153. The molecule has 1 aliphatic rings. The highest BCUT2D eigenvalue weighted by Gasteiger charge is 2.25. The summed E-state index contributed by atoms with van der Waals surface area (Å²) in [5, 5.41) is 0. The first-order valence-electron chi connectivity index (χ1n) is 7.24. The molecule has 1 aliphatic carbocycles. The van der Waals surface area contributed by atoms with Crippen molar-refractivity contribution in [1.82, 2.24) is 0 Å². The van der Waals surface area contributed by atoms with E-state index < -0.39 is 0 Å². The zero-order valence-electron chi connectivity index (χ0n) is 11.9. The van der Waals surface area contributed by atoms with Gasteiger partial charge in [0.05, 0.1) is 11.6 Å². The fraction of sp³-hybridized carbons (Fsp3) is 0.625. The lowest BCUT2D eigenvalue weighted by Crippen LogP contribution is -2.26. The number of nitrogens with two attached hydrogens (primary N) is 1. The number of rotatable bonds is 4. The molecule has 1 saturated carbocycles. The number of hydrogen-bond donors (Lipinski definition) is 1. The second kappa shape index (κ2) is 6.76. The quantitative estimate of drug-likeness (QED) is 0.872. The summed E-state index contributed by atoms with van der Waals surface area (Å²) in [5.74, 6) is 2.42. The molecular weight excluding hydrogens is 302 g/mol. The number of benzene rings is 1. The van der Waals surface area contributed by atoms with Gasteiger partial charge in [-0.15, -0.1) is 0 Å². The van der Waals surface area contributed by atoms with Gasteiger partial charge in [-0.2, -0.15) is 0 Å². The Labute approximate surface area is 124 Å². The normalized spacial score (nSPS) is 25.1. The number of methoxy groups -OCH3 is 1. The van der Waals surface area contributed by atoms with Gasteiger partial charge in [0.2, 0.25) is 0 Å². The van der Waals surface area contributed by atoms with Crippen molar-refractivity contribution in [1.29, 1.82) is 0 Å². The molecule has 0 saturated heterocycles. The van der Waals surface area contributed by atoms with E-state index in [4.69, 9.17) is 10.5 Å². The average molecular weight is 326 g/mol. The van der Waals surface area contributed by atoms with Crippen LogP contribution in [0.3, 0.4) is 0 Å². The van der Waals surface area contributed by atoms with Crippen molar-refractivity contribution >= 4 is 15.9 Å². The summed E-state index contributed by atoms with van der Waals surface area (Å²) in [6.07, 6.45) is 6.53. The molecule has 2 rings (SSSR count). The van der Waals surface area contributed by atoms with E-state index in [0.29, 0.717) is 5.92 Å². The Bertz CT molecular complexity index is 413. The van der Waals surface area contributed by atoms with Crippen LogP contribution in [0.4, 0.5) is 0 Å². The summed E-state index contributed by atoms with van der Waals surface area (Å²) in [5.41, 5.74) is 7.67. The van der Waals surface area contributed by atoms with Gasteiger partial charge in [-0.25, -0.2) is 0 Å². The lowest BCUT2D eigenvalue weighted by Gasteiger charge is -2.32. The predicted molar refractivity (Wildman–Crippen MR) is 83.4 cm³/mol. The maximum atomic E-state index is 6.46. The summed E-state index contributed by atoms with van der Waals surface area (Å²) in [6, 6.07) is 6.35. The van der Waals surface area contributed by atoms with E-state index in [1.807, 2.05) is 6.07 Å². The zero-order valence-corrected chi connectivity index (χ0v) is 13.4. The summed E-state index contributed by atoms with van der Waals surface area (Å²) in [7, 11) is 1.69. The molecule has 2 N–H and O–H groups in total. The van der Waals surface area contributed by atoms with E-state index >= 15 is 0 Å². The second-order valence-corrected chi connectivity index (χ2v) is 6.46. The molecule has 0 spiro atoms. The second-order valence-electron chi connectivity index (χ2n) is 5.61. The van der Waals surface area contributed by atoms with Crippen molar-refractivity contribution in [3.8, 4) is 5.75 Å². The molecule has 1 aromatic carbocycles. The first-order chi connectivity index (χ1) is 9.15. The first-order valence-corrected chi connectivity index (χ1v) is 8.04. The topological polar surface area (TPSA) is 35.2 Å². The van der Waals surface area contributed by atoms with Crippen LogP contribution < -0.4 is 10.5 Å². The molecule has 0 amide bonds. The molecule has 1 aromatic rings. The van der Waals surface area contributed by atoms with Gasteiger partial charge in [-0.05, 0) is 58.3 Å². The van der Waals surface area contributed by atoms with Crippen molar-refractivity contribution in [2.75, 3.05) is 7.11 Å². The van der Waals surface area contributed by atoms with Crippen LogP contribution in [0.5, 0.6) is 5.75 Å². The van der Waals surface area contributed by atoms with E-state index in [-0.39, 0.29) is 6.04 Å². The van der Waals surface area contributed by atoms with Crippen molar-refractivity contribution in [3.63, 3.8) is 0 Å². The van der Waals surface area contributed by atoms with Crippen molar-refractivity contribution in [2.45, 2.75) is 45.1 Å². The average Bonchev–Trinajstić information content (AvgIpc) is 2.46. The molecule has 0 aromatic heterocycles. The van der Waals surface area contributed by atoms with Gasteiger partial charge in [0.15, 0.2) is 0 Å². The molecule has 0 heterocycles. The minimum Gasteiger partial charge on any atom is -0.496 e. The van der Waals surface area contributed by atoms with E-state index in [9.17, 15) is 0 Å². The van der Waals surface area contributed by atoms with E-state index in [2.05, 4.69) is 35.0 Å². The van der Waals surface area contributed by atoms with Gasteiger partial charge >= 0.3 is 0 Å². The van der Waals surface area contributed by atoms with Crippen molar-refractivity contribution < 1.29 is 4.74 Å². The van der Waals surface area contributed by atoms with Crippen molar-refractivity contribution in [3.05, 3.63) is 28.2 Å². The largest absolute Gasteiger partial charge is 0.496 e. The fourth-order valence-corrected chi connectivity index (χ4v) is 3.68. The summed E-state index contributed by atoms with van der Waals surface area (Å²) in [6.45, 7) is 2.30. The SMILES string of the molecule is CCC1CCC(C(N)c2ccc(OC)c(Br)c2)CC1. The molecule has 0 radical (unpaired) electrons. The molecule has 2 nitrogen and oxygen atoms in total. The summed E-state index contributed by atoms with van der Waals surface area (Å²) < 4.78 is 6.26. The van der Waals surface area contributed by atoms with E-state index in [1.54, 1.807) is 7.11 Å². The monoisotopic (exact) mass is 325 g/mol. The molecule has 1 fully saturated rings. The van der Waals surface area contributed by atoms with Crippen LogP contribution in [0.15, 0.2) is 22.7 Å². The van der Waals surface area contributed by atoms with Crippen LogP contribution >= 0.6 is 15.9 Å². The highest BCUT2D eigenvalue weighted by atomic mass is 79.9. The number of halogens is 1. The Morgan fingerprint density at radius 1 is 1.32 bits per heavy atom. The lowest BCUT2D eigenvalue weighted by atomic mass is 9.76. The summed E-state index contributed by atoms with van der Waals surface area (Å²) in [4.78, 5) is 0. The van der Waals surface area contributed by atoms with Crippen LogP contribution in [-0.2, 0) is 0 Å². The molecule has 1 unspecified atom stereocenters. The molecule has 3 heteroatoms. The predicted octanol–water partition coefficient (Wildman–Crippen LogP) is 4.67. The maximum absolute atomic E-state index is 6.46. The Kier molecular flexibility index (Phi) is 5.28. The fourth-order valence-electron chi connectivity index (χ4n) is 3.12. The van der Waals surface area contributed by atoms with Gasteiger partial charge in [-0.3, -0.25) is 0 Å². The Morgan fingerprint density at radius 2 is 2.00 bits per heavy atom. The van der Waals surface area contributed by atoms with Gasteiger partial charge < -0.3 is 10.5 Å². The minimum absolute atomic E-state index is 0.153. The van der Waals surface area contributed by atoms with Gasteiger partial charge in [0, 0.05) is 6.04 Å². The maximum Gasteiger partial charge on any atom is 0.133 e. The smallest absolute Gasteiger partial charge is 0.133 e. The van der Waals surface area contributed by atoms with Gasteiger partial charge in [0.1, 0.15) is 5.75 Å². The summed E-state index contributed by atoms with van der Waals surface area (Å²) >= 11 is 3.54. The van der Waals surface area contributed by atoms with Crippen LogP contribution in [-0.4, -0.2) is 7.11 Å². The Balaban J connectivity index is 2.03. The van der Waals surface area contributed by atoms with Crippen LogP contribution in [0.25, 0.3) is 0 Å². The molecule has 1 atom stereocenters. The molecule has 19 heavy (non-hydrogen) atoms. The van der Waals surface area contributed by atoms with Gasteiger partial charge in [-0.1, -0.05) is 32.3 Å². The molecular formula is C16H24BrNO.